The SMILES string of the molecule is Cc1c([N+](=O)[O-])cc(C(=O)Oc2ccc3c(-c4ccccc4)cc(=O)oc3c2C)cc1[N+](=O)[O-]. The Hall–Kier alpha value is -4.86. The molecule has 0 amide bonds. The second kappa shape index (κ2) is 8.58. The van der Waals surface area contributed by atoms with Gasteiger partial charge in [0.15, 0.2) is 0 Å². The fourth-order valence-corrected chi connectivity index (χ4v) is 3.65. The maximum absolute atomic E-state index is 12.8. The fraction of sp³-hybridized carbons (Fsp3) is 0.0833. The molecule has 0 saturated heterocycles. The van der Waals surface area contributed by atoms with E-state index in [0.717, 1.165) is 17.7 Å². The number of nitrogens with zero attached hydrogens (tertiary/aromatic N) is 2. The molecule has 3 aromatic carbocycles. The van der Waals surface area contributed by atoms with Crippen LogP contribution < -0.4 is 10.4 Å². The topological polar surface area (TPSA) is 143 Å². The lowest BCUT2D eigenvalue weighted by Gasteiger charge is -2.12. The van der Waals surface area contributed by atoms with E-state index >= 15 is 0 Å². The molecular formula is C24H16N2O8. The molecule has 0 radical (unpaired) electrons. The van der Waals surface area contributed by atoms with Crippen LogP contribution in [0.25, 0.3) is 22.1 Å². The lowest BCUT2D eigenvalue weighted by Crippen LogP contribution is -2.11. The Morgan fingerprint density at radius 2 is 1.50 bits per heavy atom. The Kier molecular flexibility index (Phi) is 5.64. The molecule has 34 heavy (non-hydrogen) atoms. The summed E-state index contributed by atoms with van der Waals surface area (Å²) in [6, 6.07) is 15.5. The van der Waals surface area contributed by atoms with Gasteiger partial charge in [-0.05, 0) is 37.1 Å². The van der Waals surface area contributed by atoms with E-state index in [2.05, 4.69) is 0 Å². The van der Waals surface area contributed by atoms with Crippen LogP contribution in [0.2, 0.25) is 0 Å². The van der Waals surface area contributed by atoms with Crippen molar-refractivity contribution in [2.75, 3.05) is 0 Å². The first-order valence-corrected chi connectivity index (χ1v) is 9.96. The van der Waals surface area contributed by atoms with Gasteiger partial charge in [-0.2, -0.15) is 0 Å². The molecule has 10 nitrogen and oxygen atoms in total. The second-order valence-electron chi connectivity index (χ2n) is 7.45. The third kappa shape index (κ3) is 3.99. The summed E-state index contributed by atoms with van der Waals surface area (Å²) in [4.78, 5) is 46.0. The zero-order valence-corrected chi connectivity index (χ0v) is 17.9. The standard InChI is InChI=1S/C24H16N2O8/c1-13-19(25(29)30)10-16(11-20(13)26(31)32)24(28)33-21-9-8-17-18(15-6-4-3-5-7-15)12-22(27)34-23(17)14(21)2/h3-12H,1-2H3. The molecule has 0 aliphatic rings. The van der Waals surface area contributed by atoms with Crippen LogP contribution in [0.5, 0.6) is 5.75 Å². The quantitative estimate of drug-likeness (QED) is 0.131. The first-order chi connectivity index (χ1) is 16.2. The minimum atomic E-state index is -1.03. The number of hydrogen-bond donors (Lipinski definition) is 0. The van der Waals surface area contributed by atoms with Gasteiger partial charge in [0.05, 0.1) is 15.4 Å². The van der Waals surface area contributed by atoms with Crippen molar-refractivity contribution in [2.24, 2.45) is 0 Å². The van der Waals surface area contributed by atoms with Crippen LogP contribution in [0.15, 0.2) is 69.9 Å². The number of esters is 1. The van der Waals surface area contributed by atoms with Gasteiger partial charge in [0.25, 0.3) is 11.4 Å². The van der Waals surface area contributed by atoms with E-state index in [9.17, 15) is 29.8 Å². The number of benzene rings is 3. The van der Waals surface area contributed by atoms with Crippen molar-refractivity contribution in [1.82, 2.24) is 0 Å². The lowest BCUT2D eigenvalue weighted by molar-refractivity contribution is -0.395. The minimum absolute atomic E-state index is 0.0387. The molecule has 0 fully saturated rings. The normalized spacial score (nSPS) is 10.8. The van der Waals surface area contributed by atoms with E-state index in [0.29, 0.717) is 16.5 Å². The zero-order valence-electron chi connectivity index (χ0n) is 17.9. The van der Waals surface area contributed by atoms with Crippen LogP contribution in [0.1, 0.15) is 21.5 Å². The number of fused-ring (bicyclic) bond motifs is 1. The van der Waals surface area contributed by atoms with Gasteiger partial charge in [-0.25, -0.2) is 9.59 Å². The number of carbonyl (C=O) groups excluding carboxylic acids is 1. The summed E-state index contributed by atoms with van der Waals surface area (Å²) in [6.45, 7) is 2.81. The van der Waals surface area contributed by atoms with Crippen molar-refractivity contribution in [1.29, 1.82) is 0 Å². The van der Waals surface area contributed by atoms with Gasteiger partial charge < -0.3 is 9.15 Å². The molecule has 10 heteroatoms. The van der Waals surface area contributed by atoms with E-state index in [1.165, 1.54) is 19.1 Å². The van der Waals surface area contributed by atoms with Crippen LogP contribution in [-0.4, -0.2) is 15.8 Å². The summed E-state index contributed by atoms with van der Waals surface area (Å²) < 4.78 is 10.8. The number of hydrogen-bond acceptors (Lipinski definition) is 8. The number of rotatable bonds is 5. The summed E-state index contributed by atoms with van der Waals surface area (Å²) in [5.41, 5.74) is -0.296. The van der Waals surface area contributed by atoms with Crippen molar-refractivity contribution in [3.8, 4) is 16.9 Å². The van der Waals surface area contributed by atoms with Gasteiger partial charge in [-0.3, -0.25) is 20.2 Å². The first kappa shape index (κ1) is 22.3. The molecule has 0 aliphatic carbocycles. The predicted octanol–water partition coefficient (Wildman–Crippen LogP) is 5.11. The van der Waals surface area contributed by atoms with E-state index in [4.69, 9.17) is 9.15 Å². The molecule has 0 spiro atoms. The highest BCUT2D eigenvalue weighted by molar-refractivity contribution is 5.97. The Balaban J connectivity index is 1.78. The summed E-state index contributed by atoms with van der Waals surface area (Å²) in [5, 5.41) is 23.2. The van der Waals surface area contributed by atoms with Crippen molar-refractivity contribution in [2.45, 2.75) is 13.8 Å². The molecule has 4 aromatic rings. The summed E-state index contributed by atoms with van der Waals surface area (Å²) in [5.74, 6) is -0.994. The zero-order chi connectivity index (χ0) is 24.6. The van der Waals surface area contributed by atoms with Crippen LogP contribution in [-0.2, 0) is 0 Å². The van der Waals surface area contributed by atoms with E-state index in [1.54, 1.807) is 13.0 Å². The first-order valence-electron chi connectivity index (χ1n) is 9.96. The third-order valence-corrected chi connectivity index (χ3v) is 5.38. The Morgan fingerprint density at radius 3 is 2.09 bits per heavy atom. The monoisotopic (exact) mass is 460 g/mol. The van der Waals surface area contributed by atoms with Gasteiger partial charge in [0, 0.05) is 29.1 Å². The number of carbonyl (C=O) groups is 1. The fourth-order valence-electron chi connectivity index (χ4n) is 3.65. The maximum atomic E-state index is 12.8. The summed E-state index contributed by atoms with van der Waals surface area (Å²) in [7, 11) is 0. The van der Waals surface area contributed by atoms with E-state index in [-0.39, 0.29) is 22.5 Å². The van der Waals surface area contributed by atoms with Gasteiger partial charge in [-0.1, -0.05) is 30.3 Å². The number of ether oxygens (including phenoxy) is 1. The molecule has 1 aromatic heterocycles. The minimum Gasteiger partial charge on any atom is -0.423 e. The summed E-state index contributed by atoms with van der Waals surface area (Å²) >= 11 is 0. The molecule has 0 bridgehead atoms. The number of nitro benzene ring substituents is 2. The average molecular weight is 460 g/mol. The second-order valence-corrected chi connectivity index (χ2v) is 7.45. The lowest BCUT2D eigenvalue weighted by atomic mass is 10.00. The van der Waals surface area contributed by atoms with Crippen molar-refractivity contribution in [3.63, 3.8) is 0 Å². The van der Waals surface area contributed by atoms with Crippen LogP contribution in [0.4, 0.5) is 11.4 Å². The molecule has 1 heterocycles. The highest BCUT2D eigenvalue weighted by atomic mass is 16.6. The third-order valence-electron chi connectivity index (χ3n) is 5.38. The molecule has 170 valence electrons. The van der Waals surface area contributed by atoms with Crippen LogP contribution >= 0.6 is 0 Å². The van der Waals surface area contributed by atoms with Crippen molar-refractivity contribution in [3.05, 3.63) is 108 Å². The van der Waals surface area contributed by atoms with Crippen molar-refractivity contribution < 1.29 is 23.8 Å². The molecule has 0 aliphatic heterocycles. The van der Waals surface area contributed by atoms with Gasteiger partial charge >= 0.3 is 11.6 Å². The Morgan fingerprint density at radius 1 is 0.882 bits per heavy atom. The molecule has 4 rings (SSSR count). The van der Waals surface area contributed by atoms with Gasteiger partial charge in [-0.15, -0.1) is 0 Å². The molecular weight excluding hydrogens is 444 g/mol. The highest BCUT2D eigenvalue weighted by Crippen LogP contribution is 2.34. The molecule has 0 saturated carbocycles. The highest BCUT2D eigenvalue weighted by Gasteiger charge is 2.26. The average Bonchev–Trinajstić information content (AvgIpc) is 2.81. The van der Waals surface area contributed by atoms with Gasteiger partial charge in [0.2, 0.25) is 0 Å². The Labute approximate surface area is 191 Å². The smallest absolute Gasteiger partial charge is 0.344 e. The van der Waals surface area contributed by atoms with E-state index in [1.807, 2.05) is 30.3 Å². The van der Waals surface area contributed by atoms with Crippen LogP contribution in [0.3, 0.4) is 0 Å². The van der Waals surface area contributed by atoms with E-state index < -0.39 is 32.8 Å². The van der Waals surface area contributed by atoms with Crippen LogP contribution in [0, 0.1) is 34.1 Å². The number of aryl methyl sites for hydroxylation is 1. The van der Waals surface area contributed by atoms with Crippen molar-refractivity contribution >= 4 is 28.3 Å². The predicted molar refractivity (Wildman–Crippen MR) is 122 cm³/mol. The largest absolute Gasteiger partial charge is 0.423 e. The van der Waals surface area contributed by atoms with Gasteiger partial charge in [0.1, 0.15) is 16.9 Å². The maximum Gasteiger partial charge on any atom is 0.344 e. The molecule has 0 atom stereocenters. The number of nitro groups is 2. The molecule has 0 N–H and O–H groups in total. The molecule has 0 unspecified atom stereocenters. The Bertz CT molecular complexity index is 1510. The summed E-state index contributed by atoms with van der Waals surface area (Å²) in [6.07, 6.45) is 0.